The molecule has 0 radical (unpaired) electrons. The zero-order chi connectivity index (χ0) is 12.5. The maximum absolute atomic E-state index is 11.7. The highest BCUT2D eigenvalue weighted by molar-refractivity contribution is 5.88. The summed E-state index contributed by atoms with van der Waals surface area (Å²) in [6.07, 6.45) is 4.78. The molecule has 4 heteroatoms. The molecule has 2 aliphatic rings. The van der Waals surface area contributed by atoms with Gasteiger partial charge in [0.1, 0.15) is 5.57 Å². The molecule has 0 N–H and O–H groups in total. The first-order valence-electron chi connectivity index (χ1n) is 6.27. The van der Waals surface area contributed by atoms with E-state index in [0.717, 1.165) is 31.6 Å². The van der Waals surface area contributed by atoms with E-state index in [1.807, 2.05) is 0 Å². The average molecular weight is 240 g/mol. The van der Waals surface area contributed by atoms with Gasteiger partial charge in [-0.3, -0.25) is 0 Å². The fourth-order valence-corrected chi connectivity index (χ4v) is 2.52. The fraction of sp³-hybridized carbons (Fsp3) is 0.769. The van der Waals surface area contributed by atoms with E-state index in [1.165, 1.54) is 13.5 Å². The Morgan fingerprint density at radius 1 is 1.35 bits per heavy atom. The standard InChI is InChI=1S/C13H20O4/c1-4-10-5-7-13(8-6-10)16-11(14)9(2)12(15-3)17-13/h10H,4-8H2,1-3H3. The Morgan fingerprint density at radius 3 is 2.53 bits per heavy atom. The Hall–Kier alpha value is -1.19. The molecule has 1 spiro atoms. The van der Waals surface area contributed by atoms with E-state index in [9.17, 15) is 4.79 Å². The second kappa shape index (κ2) is 4.59. The third kappa shape index (κ3) is 2.26. The SMILES string of the molecule is CCC1CCC2(CC1)OC(=O)C(C)=C(OC)O2. The normalized spacial score (nSPS) is 33.4. The first-order chi connectivity index (χ1) is 8.10. The van der Waals surface area contributed by atoms with E-state index in [4.69, 9.17) is 14.2 Å². The highest BCUT2D eigenvalue weighted by atomic mass is 16.8. The molecule has 0 aromatic carbocycles. The minimum absolute atomic E-state index is 0.316. The van der Waals surface area contributed by atoms with E-state index in [-0.39, 0.29) is 5.97 Å². The second-order valence-corrected chi connectivity index (χ2v) is 4.87. The summed E-state index contributed by atoms with van der Waals surface area (Å²) < 4.78 is 16.3. The highest BCUT2D eigenvalue weighted by Gasteiger charge is 2.45. The van der Waals surface area contributed by atoms with E-state index >= 15 is 0 Å². The molecule has 96 valence electrons. The van der Waals surface area contributed by atoms with Crippen molar-refractivity contribution in [1.29, 1.82) is 0 Å². The summed E-state index contributed by atoms with van der Waals surface area (Å²) in [6.45, 7) is 3.85. The zero-order valence-electron chi connectivity index (χ0n) is 10.7. The van der Waals surface area contributed by atoms with Crippen molar-refractivity contribution in [2.24, 2.45) is 5.92 Å². The molecule has 0 atom stereocenters. The predicted molar refractivity (Wildman–Crippen MR) is 61.9 cm³/mol. The monoisotopic (exact) mass is 240 g/mol. The van der Waals surface area contributed by atoms with Gasteiger partial charge in [0.15, 0.2) is 0 Å². The van der Waals surface area contributed by atoms with Crippen molar-refractivity contribution in [2.45, 2.75) is 51.7 Å². The van der Waals surface area contributed by atoms with Crippen LogP contribution < -0.4 is 0 Å². The first-order valence-corrected chi connectivity index (χ1v) is 6.27. The summed E-state index contributed by atoms with van der Waals surface area (Å²) in [6, 6.07) is 0. The molecule has 0 bridgehead atoms. The van der Waals surface area contributed by atoms with Gasteiger partial charge < -0.3 is 14.2 Å². The smallest absolute Gasteiger partial charge is 0.344 e. The van der Waals surface area contributed by atoms with Gasteiger partial charge in [-0.05, 0) is 25.7 Å². The van der Waals surface area contributed by atoms with Crippen LogP contribution in [0.1, 0.15) is 46.0 Å². The molecule has 0 amide bonds. The third-order valence-corrected chi connectivity index (χ3v) is 3.80. The van der Waals surface area contributed by atoms with Crippen molar-refractivity contribution in [2.75, 3.05) is 7.11 Å². The lowest BCUT2D eigenvalue weighted by molar-refractivity contribution is -0.255. The molecule has 1 aliphatic carbocycles. The number of rotatable bonds is 2. The largest absolute Gasteiger partial charge is 0.468 e. The molecule has 0 unspecified atom stereocenters. The lowest BCUT2D eigenvalue weighted by atomic mass is 9.83. The van der Waals surface area contributed by atoms with Crippen molar-refractivity contribution in [3.8, 4) is 0 Å². The van der Waals surface area contributed by atoms with Crippen LogP contribution in [0, 0.1) is 5.92 Å². The Balaban J connectivity index is 2.12. The number of hydrogen-bond donors (Lipinski definition) is 0. The summed E-state index contributed by atoms with van der Waals surface area (Å²) in [5, 5.41) is 0. The summed E-state index contributed by atoms with van der Waals surface area (Å²) in [4.78, 5) is 11.7. The third-order valence-electron chi connectivity index (χ3n) is 3.80. The number of methoxy groups -OCH3 is 1. The Morgan fingerprint density at radius 2 is 2.00 bits per heavy atom. The molecular formula is C13H20O4. The van der Waals surface area contributed by atoms with Crippen LogP contribution in [-0.2, 0) is 19.0 Å². The van der Waals surface area contributed by atoms with E-state index in [1.54, 1.807) is 6.92 Å². The number of hydrogen-bond acceptors (Lipinski definition) is 4. The van der Waals surface area contributed by atoms with Gasteiger partial charge in [0.05, 0.1) is 7.11 Å². The van der Waals surface area contributed by atoms with Gasteiger partial charge in [-0.1, -0.05) is 13.3 Å². The van der Waals surface area contributed by atoms with Crippen LogP contribution in [0.2, 0.25) is 0 Å². The maximum atomic E-state index is 11.7. The van der Waals surface area contributed by atoms with Crippen LogP contribution in [0.25, 0.3) is 0 Å². The lowest BCUT2D eigenvalue weighted by Crippen LogP contribution is -2.45. The molecule has 1 heterocycles. The predicted octanol–water partition coefficient (Wildman–Crippen LogP) is 2.73. The number of esters is 1. The minimum atomic E-state index is -0.770. The van der Waals surface area contributed by atoms with Gasteiger partial charge in [-0.15, -0.1) is 0 Å². The van der Waals surface area contributed by atoms with Crippen LogP contribution in [0.3, 0.4) is 0 Å². The average Bonchev–Trinajstić information content (AvgIpc) is 2.35. The summed E-state index contributed by atoms with van der Waals surface area (Å²) >= 11 is 0. The van der Waals surface area contributed by atoms with Crippen molar-refractivity contribution >= 4 is 5.97 Å². The topological polar surface area (TPSA) is 44.8 Å². The summed E-state index contributed by atoms with van der Waals surface area (Å²) in [5.74, 6) is -0.0479. The van der Waals surface area contributed by atoms with Crippen molar-refractivity contribution in [3.63, 3.8) is 0 Å². The molecule has 0 aromatic heterocycles. The van der Waals surface area contributed by atoms with Crippen LogP contribution in [-0.4, -0.2) is 18.9 Å². The van der Waals surface area contributed by atoms with Crippen molar-refractivity contribution in [1.82, 2.24) is 0 Å². The first kappa shape index (κ1) is 12.3. The van der Waals surface area contributed by atoms with Crippen LogP contribution in [0.5, 0.6) is 0 Å². The molecule has 1 fully saturated rings. The summed E-state index contributed by atoms with van der Waals surface area (Å²) in [5.41, 5.74) is 0.413. The highest BCUT2D eigenvalue weighted by Crippen LogP contribution is 2.41. The van der Waals surface area contributed by atoms with Crippen LogP contribution >= 0.6 is 0 Å². The van der Waals surface area contributed by atoms with Crippen LogP contribution in [0.4, 0.5) is 0 Å². The quantitative estimate of drug-likeness (QED) is 0.696. The molecule has 17 heavy (non-hydrogen) atoms. The molecule has 2 rings (SSSR count). The van der Waals surface area contributed by atoms with Gasteiger partial charge in [0.25, 0.3) is 11.7 Å². The molecular weight excluding hydrogens is 220 g/mol. The molecule has 0 aromatic rings. The summed E-state index contributed by atoms with van der Waals surface area (Å²) in [7, 11) is 1.52. The fourth-order valence-electron chi connectivity index (χ4n) is 2.52. The van der Waals surface area contributed by atoms with E-state index in [2.05, 4.69) is 6.92 Å². The van der Waals surface area contributed by atoms with Gasteiger partial charge in [-0.2, -0.15) is 0 Å². The van der Waals surface area contributed by atoms with Gasteiger partial charge >= 0.3 is 5.97 Å². The molecule has 4 nitrogen and oxygen atoms in total. The van der Waals surface area contributed by atoms with Crippen LogP contribution in [0.15, 0.2) is 11.5 Å². The Bertz CT molecular complexity index is 337. The van der Waals surface area contributed by atoms with Gasteiger partial charge in [-0.25, -0.2) is 4.79 Å². The lowest BCUT2D eigenvalue weighted by Gasteiger charge is -2.41. The van der Waals surface area contributed by atoms with E-state index in [0.29, 0.717) is 11.5 Å². The number of carbonyl (C=O) groups is 1. The van der Waals surface area contributed by atoms with E-state index < -0.39 is 5.79 Å². The van der Waals surface area contributed by atoms with Gasteiger partial charge in [0.2, 0.25) is 0 Å². The second-order valence-electron chi connectivity index (χ2n) is 4.87. The van der Waals surface area contributed by atoms with Crippen molar-refractivity contribution in [3.05, 3.63) is 11.5 Å². The van der Waals surface area contributed by atoms with Crippen molar-refractivity contribution < 1.29 is 19.0 Å². The Kier molecular flexibility index (Phi) is 3.31. The van der Waals surface area contributed by atoms with Gasteiger partial charge in [0, 0.05) is 12.8 Å². The molecule has 0 saturated heterocycles. The molecule has 1 aliphatic heterocycles. The molecule has 1 saturated carbocycles. The number of ether oxygens (including phenoxy) is 3. The minimum Gasteiger partial charge on any atom is -0.468 e. The Labute approximate surface area is 102 Å². The maximum Gasteiger partial charge on any atom is 0.344 e. The zero-order valence-corrected chi connectivity index (χ0v) is 10.7. The number of carbonyl (C=O) groups excluding carboxylic acids is 1.